The van der Waals surface area contributed by atoms with Gasteiger partial charge in [0.15, 0.2) is 0 Å². The van der Waals surface area contributed by atoms with E-state index in [-0.39, 0.29) is 11.9 Å². The third-order valence-corrected chi connectivity index (χ3v) is 3.71. The van der Waals surface area contributed by atoms with Gasteiger partial charge in [-0.2, -0.15) is 0 Å². The predicted molar refractivity (Wildman–Crippen MR) is 69.6 cm³/mol. The normalized spacial score (nSPS) is 23.7. The lowest BCUT2D eigenvalue weighted by Crippen LogP contribution is -2.46. The van der Waals surface area contributed by atoms with Gasteiger partial charge >= 0.3 is 0 Å². The minimum absolute atomic E-state index is 0.0954. The number of carbonyl (C=O) groups is 1. The van der Waals surface area contributed by atoms with Gasteiger partial charge in [-0.05, 0) is 25.0 Å². The van der Waals surface area contributed by atoms with Crippen molar-refractivity contribution < 1.29 is 9.90 Å². The average molecular weight is 269 g/mol. The molecule has 0 saturated heterocycles. The molecule has 0 spiro atoms. The van der Waals surface area contributed by atoms with Crippen LogP contribution in [0.1, 0.15) is 36.0 Å². The number of likely N-dealkylation sites (N-methyl/N-ethyl adjacent to an activating group) is 1. The molecule has 1 aliphatic carbocycles. The first-order chi connectivity index (χ1) is 8.59. The summed E-state index contributed by atoms with van der Waals surface area (Å²) in [7, 11) is 1.73. The van der Waals surface area contributed by atoms with Gasteiger partial charge in [-0.15, -0.1) is 0 Å². The van der Waals surface area contributed by atoms with E-state index in [0.717, 1.165) is 25.7 Å². The lowest BCUT2D eigenvalue weighted by molar-refractivity contribution is 0.0268. The first-order valence-electron chi connectivity index (χ1n) is 6.16. The topological polar surface area (TPSA) is 53.4 Å². The number of aromatic nitrogens is 1. The Hall–Kier alpha value is -1.13. The highest BCUT2D eigenvalue weighted by atomic mass is 35.5. The molecule has 1 amide bonds. The van der Waals surface area contributed by atoms with Crippen LogP contribution in [0.25, 0.3) is 0 Å². The smallest absolute Gasteiger partial charge is 0.255 e. The maximum absolute atomic E-state index is 12.2. The molecule has 1 saturated carbocycles. The molecule has 0 aliphatic heterocycles. The van der Waals surface area contributed by atoms with Crippen LogP contribution in [0.2, 0.25) is 5.15 Å². The highest BCUT2D eigenvalue weighted by Gasteiger charge is 2.29. The van der Waals surface area contributed by atoms with Gasteiger partial charge in [0.25, 0.3) is 5.91 Å². The van der Waals surface area contributed by atoms with Crippen molar-refractivity contribution in [2.24, 2.45) is 0 Å². The molecule has 2 unspecified atom stereocenters. The monoisotopic (exact) mass is 268 g/mol. The number of aliphatic hydroxyl groups is 1. The predicted octanol–water partition coefficient (Wildman–Crippen LogP) is 2.11. The van der Waals surface area contributed by atoms with Crippen LogP contribution in [-0.4, -0.2) is 40.1 Å². The lowest BCUT2D eigenvalue weighted by Gasteiger charge is -2.35. The van der Waals surface area contributed by atoms with E-state index in [0.29, 0.717) is 10.7 Å². The van der Waals surface area contributed by atoms with Crippen molar-refractivity contribution in [3.05, 3.63) is 29.0 Å². The molecular formula is C13H17ClN2O2. The Bertz CT molecular complexity index is 422. The lowest BCUT2D eigenvalue weighted by atomic mass is 9.91. The van der Waals surface area contributed by atoms with Crippen molar-refractivity contribution >= 4 is 17.5 Å². The van der Waals surface area contributed by atoms with E-state index < -0.39 is 6.10 Å². The zero-order valence-electron chi connectivity index (χ0n) is 10.3. The van der Waals surface area contributed by atoms with E-state index in [4.69, 9.17) is 11.6 Å². The summed E-state index contributed by atoms with van der Waals surface area (Å²) in [5.74, 6) is -0.120. The Kier molecular flexibility index (Phi) is 4.19. The standard InChI is InChI=1S/C13H17ClN2O2/c1-16(10-4-2-3-5-11(10)17)13(18)9-6-7-12(14)15-8-9/h6-8,10-11,17H,2-5H2,1H3. The SMILES string of the molecule is CN(C(=O)c1ccc(Cl)nc1)C1CCCCC1O. The van der Waals surface area contributed by atoms with E-state index in [9.17, 15) is 9.90 Å². The van der Waals surface area contributed by atoms with Crippen molar-refractivity contribution in [1.82, 2.24) is 9.88 Å². The van der Waals surface area contributed by atoms with Crippen LogP contribution in [-0.2, 0) is 0 Å². The summed E-state index contributed by atoms with van der Waals surface area (Å²) in [5.41, 5.74) is 0.500. The van der Waals surface area contributed by atoms with E-state index >= 15 is 0 Å². The molecule has 4 nitrogen and oxygen atoms in total. The summed E-state index contributed by atoms with van der Waals surface area (Å²) >= 11 is 5.69. The van der Waals surface area contributed by atoms with Crippen molar-refractivity contribution in [3.63, 3.8) is 0 Å². The second-order valence-corrected chi connectivity index (χ2v) is 5.09. The molecule has 2 atom stereocenters. The molecule has 0 aromatic carbocycles. The number of amides is 1. The number of hydrogen-bond donors (Lipinski definition) is 1. The van der Waals surface area contributed by atoms with E-state index in [2.05, 4.69) is 4.98 Å². The van der Waals surface area contributed by atoms with E-state index in [1.807, 2.05) is 0 Å². The van der Waals surface area contributed by atoms with Gasteiger partial charge in [-0.1, -0.05) is 24.4 Å². The van der Waals surface area contributed by atoms with Crippen LogP contribution in [0.5, 0.6) is 0 Å². The van der Waals surface area contributed by atoms with Crippen molar-refractivity contribution in [2.75, 3.05) is 7.05 Å². The summed E-state index contributed by atoms with van der Waals surface area (Å²) in [4.78, 5) is 17.8. The first kappa shape index (κ1) is 13.3. The minimum atomic E-state index is -0.423. The van der Waals surface area contributed by atoms with Gasteiger partial charge in [0.05, 0.1) is 17.7 Å². The summed E-state index contributed by atoms with van der Waals surface area (Å²) < 4.78 is 0. The second-order valence-electron chi connectivity index (χ2n) is 4.70. The largest absolute Gasteiger partial charge is 0.391 e. The quantitative estimate of drug-likeness (QED) is 0.836. The molecule has 0 bridgehead atoms. The Balaban J connectivity index is 2.10. The van der Waals surface area contributed by atoms with Crippen molar-refractivity contribution in [3.8, 4) is 0 Å². The van der Waals surface area contributed by atoms with E-state index in [1.54, 1.807) is 24.1 Å². The van der Waals surface area contributed by atoms with Crippen LogP contribution in [0.3, 0.4) is 0 Å². The summed E-state index contributed by atoms with van der Waals surface area (Å²) in [6, 6.07) is 3.16. The maximum atomic E-state index is 12.2. The number of rotatable bonds is 2. The molecule has 1 heterocycles. The molecule has 5 heteroatoms. The number of aliphatic hydroxyl groups excluding tert-OH is 1. The first-order valence-corrected chi connectivity index (χ1v) is 6.54. The Morgan fingerprint density at radius 2 is 2.17 bits per heavy atom. The second kappa shape index (κ2) is 5.67. The van der Waals surface area contributed by atoms with Crippen LogP contribution in [0.15, 0.2) is 18.3 Å². The Labute approximate surface area is 112 Å². The molecule has 18 heavy (non-hydrogen) atoms. The fourth-order valence-electron chi connectivity index (χ4n) is 2.40. The summed E-state index contributed by atoms with van der Waals surface area (Å²) in [6.07, 6.45) is 4.75. The molecule has 1 N–H and O–H groups in total. The number of hydrogen-bond acceptors (Lipinski definition) is 3. The zero-order valence-corrected chi connectivity index (χ0v) is 11.1. The Morgan fingerprint density at radius 1 is 1.44 bits per heavy atom. The molecule has 0 radical (unpaired) electrons. The van der Waals surface area contributed by atoms with Crippen LogP contribution >= 0.6 is 11.6 Å². The number of halogens is 1. The molecule has 1 aliphatic rings. The number of carbonyl (C=O) groups excluding carboxylic acids is 1. The highest BCUT2D eigenvalue weighted by Crippen LogP contribution is 2.23. The maximum Gasteiger partial charge on any atom is 0.255 e. The Morgan fingerprint density at radius 3 is 2.78 bits per heavy atom. The average Bonchev–Trinajstić information content (AvgIpc) is 2.38. The molecule has 1 aromatic rings. The van der Waals surface area contributed by atoms with E-state index in [1.165, 1.54) is 6.20 Å². The van der Waals surface area contributed by atoms with Crippen LogP contribution < -0.4 is 0 Å². The van der Waals surface area contributed by atoms with Crippen molar-refractivity contribution in [1.29, 1.82) is 0 Å². The zero-order chi connectivity index (χ0) is 13.1. The van der Waals surface area contributed by atoms with Crippen LogP contribution in [0.4, 0.5) is 0 Å². The van der Waals surface area contributed by atoms with Crippen molar-refractivity contribution in [2.45, 2.75) is 37.8 Å². The molecule has 98 valence electrons. The third-order valence-electron chi connectivity index (χ3n) is 3.49. The molecule has 2 rings (SSSR count). The third kappa shape index (κ3) is 2.82. The van der Waals surface area contributed by atoms with Gasteiger partial charge < -0.3 is 10.0 Å². The minimum Gasteiger partial charge on any atom is -0.391 e. The van der Waals surface area contributed by atoms with Gasteiger partial charge in [0.2, 0.25) is 0 Å². The highest BCUT2D eigenvalue weighted by molar-refractivity contribution is 6.29. The van der Waals surface area contributed by atoms with Crippen LogP contribution in [0, 0.1) is 0 Å². The van der Waals surface area contributed by atoms with Gasteiger partial charge in [-0.3, -0.25) is 4.79 Å². The summed E-state index contributed by atoms with van der Waals surface area (Å²) in [6.45, 7) is 0. The molecule has 1 aromatic heterocycles. The number of pyridine rings is 1. The fourth-order valence-corrected chi connectivity index (χ4v) is 2.51. The number of nitrogens with zero attached hydrogens (tertiary/aromatic N) is 2. The summed E-state index contributed by atoms with van der Waals surface area (Å²) in [5, 5.41) is 10.3. The van der Waals surface area contributed by atoms with Gasteiger partial charge in [0.1, 0.15) is 5.15 Å². The van der Waals surface area contributed by atoms with Gasteiger partial charge in [0, 0.05) is 13.2 Å². The van der Waals surface area contributed by atoms with Gasteiger partial charge in [-0.25, -0.2) is 4.98 Å². The molecule has 1 fully saturated rings. The molecular weight excluding hydrogens is 252 g/mol. The fraction of sp³-hybridized carbons (Fsp3) is 0.538.